The van der Waals surface area contributed by atoms with Gasteiger partial charge in [0.15, 0.2) is 0 Å². The Morgan fingerprint density at radius 3 is 2.84 bits per heavy atom. The van der Waals surface area contributed by atoms with Crippen molar-refractivity contribution in [1.82, 2.24) is 15.2 Å². The molecule has 0 unspecified atom stereocenters. The Labute approximate surface area is 113 Å². The lowest BCUT2D eigenvalue weighted by Gasteiger charge is -2.26. The summed E-state index contributed by atoms with van der Waals surface area (Å²) in [6.07, 6.45) is 7.66. The van der Waals surface area contributed by atoms with Crippen LogP contribution in [0.15, 0.2) is 18.5 Å². The van der Waals surface area contributed by atoms with Gasteiger partial charge in [0.25, 0.3) is 5.91 Å². The van der Waals surface area contributed by atoms with E-state index in [1.165, 1.54) is 50.8 Å². The van der Waals surface area contributed by atoms with E-state index in [2.05, 4.69) is 15.2 Å². The molecule has 104 valence electrons. The number of nitrogens with one attached hydrogen (secondary N) is 1. The number of carbonyl (C=O) groups excluding carboxylic acids is 1. The molecule has 1 amide bonds. The molecule has 1 saturated heterocycles. The van der Waals surface area contributed by atoms with E-state index in [9.17, 15) is 9.90 Å². The third-order valence-electron chi connectivity index (χ3n) is 3.37. The van der Waals surface area contributed by atoms with Gasteiger partial charge in [-0.25, -0.2) is 0 Å². The number of aromatic nitrogens is 1. The van der Waals surface area contributed by atoms with E-state index in [4.69, 9.17) is 0 Å². The first-order chi connectivity index (χ1) is 9.25. The molecule has 0 aliphatic carbocycles. The van der Waals surface area contributed by atoms with Crippen LogP contribution in [0.5, 0.6) is 5.75 Å². The summed E-state index contributed by atoms with van der Waals surface area (Å²) in [7, 11) is 0. The molecule has 0 atom stereocenters. The van der Waals surface area contributed by atoms with Crippen LogP contribution in [-0.2, 0) is 0 Å². The molecule has 2 rings (SSSR count). The predicted octanol–water partition coefficient (Wildman–Crippen LogP) is 1.39. The van der Waals surface area contributed by atoms with Gasteiger partial charge in [-0.2, -0.15) is 0 Å². The van der Waals surface area contributed by atoms with Gasteiger partial charge in [0, 0.05) is 12.7 Å². The minimum Gasteiger partial charge on any atom is -0.506 e. The quantitative estimate of drug-likeness (QED) is 0.788. The lowest BCUT2D eigenvalue weighted by molar-refractivity contribution is 0.0950. The number of carbonyl (C=O) groups is 1. The van der Waals surface area contributed by atoms with E-state index in [-0.39, 0.29) is 11.7 Å². The number of amides is 1. The summed E-state index contributed by atoms with van der Waals surface area (Å²) in [5.41, 5.74) is 0.401. The van der Waals surface area contributed by atoms with Crippen molar-refractivity contribution in [3.05, 3.63) is 24.0 Å². The predicted molar refractivity (Wildman–Crippen MR) is 73.1 cm³/mol. The largest absolute Gasteiger partial charge is 0.506 e. The standard InChI is InChI=1S/C14H21N3O2/c18-13-9-12(10-15-11-13)14(19)16-5-4-8-17-6-2-1-3-7-17/h9-11,18H,1-8H2,(H,16,19). The number of piperidine rings is 1. The maximum atomic E-state index is 11.8. The fourth-order valence-electron chi connectivity index (χ4n) is 2.34. The Hall–Kier alpha value is -1.62. The molecule has 5 nitrogen and oxygen atoms in total. The van der Waals surface area contributed by atoms with Crippen LogP contribution in [0.2, 0.25) is 0 Å². The Balaban J connectivity index is 1.66. The van der Waals surface area contributed by atoms with Crippen molar-refractivity contribution in [2.45, 2.75) is 25.7 Å². The Bertz CT molecular complexity index is 417. The van der Waals surface area contributed by atoms with Gasteiger partial charge in [-0.05, 0) is 45.0 Å². The van der Waals surface area contributed by atoms with E-state index in [0.717, 1.165) is 13.0 Å². The van der Waals surface area contributed by atoms with Crippen molar-refractivity contribution in [3.63, 3.8) is 0 Å². The highest BCUT2D eigenvalue weighted by Crippen LogP contribution is 2.09. The van der Waals surface area contributed by atoms with Crippen LogP contribution in [0.25, 0.3) is 0 Å². The molecule has 0 aromatic carbocycles. The summed E-state index contributed by atoms with van der Waals surface area (Å²) in [4.78, 5) is 18.0. The summed E-state index contributed by atoms with van der Waals surface area (Å²) in [6, 6.07) is 1.42. The zero-order valence-electron chi connectivity index (χ0n) is 11.1. The molecule has 1 aromatic rings. The monoisotopic (exact) mass is 263 g/mol. The maximum Gasteiger partial charge on any atom is 0.252 e. The number of hydrogen-bond acceptors (Lipinski definition) is 4. The van der Waals surface area contributed by atoms with Crippen LogP contribution in [-0.4, -0.2) is 47.1 Å². The minimum atomic E-state index is -0.179. The highest BCUT2D eigenvalue weighted by molar-refractivity contribution is 5.94. The van der Waals surface area contributed by atoms with Gasteiger partial charge in [0.2, 0.25) is 0 Å². The zero-order valence-corrected chi connectivity index (χ0v) is 11.1. The third kappa shape index (κ3) is 4.52. The fraction of sp³-hybridized carbons (Fsp3) is 0.571. The van der Waals surface area contributed by atoms with E-state index < -0.39 is 0 Å². The lowest BCUT2D eigenvalue weighted by atomic mass is 10.1. The van der Waals surface area contributed by atoms with E-state index in [1.54, 1.807) is 0 Å². The first-order valence-corrected chi connectivity index (χ1v) is 6.90. The topological polar surface area (TPSA) is 65.5 Å². The van der Waals surface area contributed by atoms with Crippen molar-refractivity contribution in [2.24, 2.45) is 0 Å². The maximum absolute atomic E-state index is 11.8. The third-order valence-corrected chi connectivity index (χ3v) is 3.37. The van der Waals surface area contributed by atoms with Gasteiger partial charge in [0.05, 0.1) is 11.8 Å². The normalized spacial score (nSPS) is 16.2. The molecule has 0 saturated carbocycles. The molecule has 1 aliphatic heterocycles. The van der Waals surface area contributed by atoms with Crippen LogP contribution < -0.4 is 5.32 Å². The number of pyridine rings is 1. The molecule has 1 aliphatic rings. The number of nitrogens with zero attached hydrogens (tertiary/aromatic N) is 2. The zero-order chi connectivity index (χ0) is 13.5. The Morgan fingerprint density at radius 1 is 1.32 bits per heavy atom. The summed E-state index contributed by atoms with van der Waals surface area (Å²) in [6.45, 7) is 4.07. The molecule has 1 aromatic heterocycles. The van der Waals surface area contributed by atoms with Crippen LogP contribution >= 0.6 is 0 Å². The average Bonchev–Trinajstić information content (AvgIpc) is 2.44. The first-order valence-electron chi connectivity index (χ1n) is 6.90. The molecule has 2 heterocycles. The number of aromatic hydroxyl groups is 1. The molecule has 5 heteroatoms. The molecule has 19 heavy (non-hydrogen) atoms. The van der Waals surface area contributed by atoms with Crippen molar-refractivity contribution >= 4 is 5.91 Å². The average molecular weight is 263 g/mol. The summed E-state index contributed by atoms with van der Waals surface area (Å²) < 4.78 is 0. The summed E-state index contributed by atoms with van der Waals surface area (Å²) in [5, 5.41) is 12.1. The van der Waals surface area contributed by atoms with Gasteiger partial charge in [-0.1, -0.05) is 6.42 Å². The second-order valence-corrected chi connectivity index (χ2v) is 4.94. The highest BCUT2D eigenvalue weighted by Gasteiger charge is 2.10. The molecule has 2 N–H and O–H groups in total. The van der Waals surface area contributed by atoms with E-state index in [1.807, 2.05) is 0 Å². The van der Waals surface area contributed by atoms with Crippen molar-refractivity contribution in [2.75, 3.05) is 26.2 Å². The summed E-state index contributed by atoms with van der Waals surface area (Å²) in [5.74, 6) is -0.164. The van der Waals surface area contributed by atoms with Gasteiger partial charge in [0.1, 0.15) is 5.75 Å². The van der Waals surface area contributed by atoms with Crippen molar-refractivity contribution in [1.29, 1.82) is 0 Å². The Morgan fingerprint density at radius 2 is 2.11 bits per heavy atom. The number of likely N-dealkylation sites (tertiary alicyclic amines) is 1. The number of hydrogen-bond donors (Lipinski definition) is 2. The van der Waals surface area contributed by atoms with E-state index >= 15 is 0 Å². The van der Waals surface area contributed by atoms with Gasteiger partial charge in [-0.3, -0.25) is 9.78 Å². The molecular formula is C14H21N3O2. The molecular weight excluding hydrogens is 242 g/mol. The fourth-order valence-corrected chi connectivity index (χ4v) is 2.34. The molecule has 0 bridgehead atoms. The van der Waals surface area contributed by atoms with E-state index in [0.29, 0.717) is 12.1 Å². The first kappa shape index (κ1) is 13.8. The van der Waals surface area contributed by atoms with Crippen LogP contribution in [0, 0.1) is 0 Å². The SMILES string of the molecule is O=C(NCCCN1CCCCC1)c1cncc(O)c1. The minimum absolute atomic E-state index is 0.0148. The van der Waals surface area contributed by atoms with Gasteiger partial charge in [-0.15, -0.1) is 0 Å². The second kappa shape index (κ2) is 7.09. The summed E-state index contributed by atoms with van der Waals surface area (Å²) >= 11 is 0. The Kier molecular flexibility index (Phi) is 5.15. The molecule has 1 fully saturated rings. The second-order valence-electron chi connectivity index (χ2n) is 4.94. The van der Waals surface area contributed by atoms with Crippen LogP contribution in [0.1, 0.15) is 36.0 Å². The number of rotatable bonds is 5. The van der Waals surface area contributed by atoms with Gasteiger partial charge >= 0.3 is 0 Å². The van der Waals surface area contributed by atoms with Gasteiger partial charge < -0.3 is 15.3 Å². The highest BCUT2D eigenvalue weighted by atomic mass is 16.3. The van der Waals surface area contributed by atoms with Crippen molar-refractivity contribution in [3.8, 4) is 5.75 Å². The van der Waals surface area contributed by atoms with Crippen LogP contribution in [0.4, 0.5) is 0 Å². The molecule has 0 radical (unpaired) electrons. The smallest absolute Gasteiger partial charge is 0.252 e. The van der Waals surface area contributed by atoms with Crippen LogP contribution in [0.3, 0.4) is 0 Å². The van der Waals surface area contributed by atoms with Crippen molar-refractivity contribution < 1.29 is 9.90 Å². The molecule has 0 spiro atoms. The lowest BCUT2D eigenvalue weighted by Crippen LogP contribution is -2.33.